The SMILES string of the molecule is CCOP(=O)(OCC)[C@@H](Nc1ccccc1)c1cc(Cl)cc(Cl)c1OC. The van der Waals surface area contributed by atoms with E-state index in [9.17, 15) is 4.57 Å². The maximum absolute atomic E-state index is 13.6. The predicted molar refractivity (Wildman–Crippen MR) is 107 cm³/mol. The van der Waals surface area contributed by atoms with Gasteiger partial charge in [0.05, 0.1) is 25.3 Å². The highest BCUT2D eigenvalue weighted by atomic mass is 35.5. The number of para-hydroxylation sites is 1. The average Bonchev–Trinajstić information content (AvgIpc) is 2.60. The van der Waals surface area contributed by atoms with Crippen molar-refractivity contribution in [2.45, 2.75) is 19.6 Å². The highest BCUT2D eigenvalue weighted by Crippen LogP contribution is 2.62. The molecular formula is C18H22Cl2NO4P. The minimum atomic E-state index is -3.61. The summed E-state index contributed by atoms with van der Waals surface area (Å²) in [5.74, 6) is -0.486. The Kier molecular flexibility index (Phi) is 7.81. The van der Waals surface area contributed by atoms with Gasteiger partial charge in [0.2, 0.25) is 0 Å². The molecule has 142 valence electrons. The normalized spacial score (nSPS) is 12.7. The Hall–Kier alpha value is -1.23. The molecule has 0 bridgehead atoms. The lowest BCUT2D eigenvalue weighted by atomic mass is 10.2. The lowest BCUT2D eigenvalue weighted by Crippen LogP contribution is -2.16. The van der Waals surface area contributed by atoms with Crippen LogP contribution in [0, 0.1) is 0 Å². The van der Waals surface area contributed by atoms with Crippen molar-refractivity contribution < 1.29 is 18.3 Å². The Morgan fingerprint density at radius 3 is 2.23 bits per heavy atom. The van der Waals surface area contributed by atoms with Gasteiger partial charge in [-0.15, -0.1) is 0 Å². The highest BCUT2D eigenvalue weighted by Gasteiger charge is 2.39. The largest absolute Gasteiger partial charge is 0.495 e. The first kappa shape index (κ1) is 21.1. The number of ether oxygens (including phenoxy) is 1. The van der Waals surface area contributed by atoms with E-state index in [-0.39, 0.29) is 13.2 Å². The number of methoxy groups -OCH3 is 1. The van der Waals surface area contributed by atoms with Gasteiger partial charge in [-0.1, -0.05) is 41.4 Å². The summed E-state index contributed by atoms with van der Waals surface area (Å²) in [6.45, 7) is 3.96. The van der Waals surface area contributed by atoms with Gasteiger partial charge in [-0.05, 0) is 38.1 Å². The molecule has 2 rings (SSSR count). The van der Waals surface area contributed by atoms with E-state index in [0.29, 0.717) is 21.4 Å². The second-order valence-electron chi connectivity index (χ2n) is 5.30. The summed E-state index contributed by atoms with van der Waals surface area (Å²) >= 11 is 12.5. The molecule has 0 aliphatic carbocycles. The van der Waals surface area contributed by atoms with E-state index in [1.54, 1.807) is 26.0 Å². The summed E-state index contributed by atoms with van der Waals surface area (Å²) in [6, 6.07) is 12.6. The van der Waals surface area contributed by atoms with Crippen LogP contribution in [0.1, 0.15) is 25.2 Å². The van der Waals surface area contributed by atoms with E-state index < -0.39 is 13.4 Å². The van der Waals surface area contributed by atoms with Gasteiger partial charge in [-0.25, -0.2) is 0 Å². The fraction of sp³-hybridized carbons (Fsp3) is 0.333. The second kappa shape index (κ2) is 9.63. The van der Waals surface area contributed by atoms with Gasteiger partial charge in [0.1, 0.15) is 5.75 Å². The van der Waals surface area contributed by atoms with Crippen LogP contribution in [0.2, 0.25) is 10.0 Å². The van der Waals surface area contributed by atoms with Gasteiger partial charge >= 0.3 is 7.60 Å². The molecule has 0 radical (unpaired) electrons. The Bertz CT molecular complexity index is 763. The lowest BCUT2D eigenvalue weighted by molar-refractivity contribution is 0.213. The minimum Gasteiger partial charge on any atom is -0.495 e. The summed E-state index contributed by atoms with van der Waals surface area (Å²) in [4.78, 5) is 0. The van der Waals surface area contributed by atoms with Crippen LogP contribution in [0.15, 0.2) is 42.5 Å². The van der Waals surface area contributed by atoms with Crippen LogP contribution in [0.25, 0.3) is 0 Å². The molecule has 0 aliphatic heterocycles. The van der Waals surface area contributed by atoms with E-state index in [0.717, 1.165) is 5.69 Å². The topological polar surface area (TPSA) is 56.8 Å². The van der Waals surface area contributed by atoms with Gasteiger partial charge < -0.3 is 19.1 Å². The molecular weight excluding hydrogens is 396 g/mol. The number of benzene rings is 2. The molecule has 2 aromatic rings. The Balaban J connectivity index is 2.62. The molecule has 0 spiro atoms. The summed E-state index contributed by atoms with van der Waals surface area (Å²) in [5.41, 5.74) is 1.24. The zero-order chi connectivity index (χ0) is 19.2. The summed E-state index contributed by atoms with van der Waals surface area (Å²) in [7, 11) is -2.11. The summed E-state index contributed by atoms with van der Waals surface area (Å²) in [5, 5.41) is 3.93. The van der Waals surface area contributed by atoms with Crippen LogP contribution in [0.4, 0.5) is 5.69 Å². The zero-order valence-corrected chi connectivity index (χ0v) is 17.3. The van der Waals surface area contributed by atoms with Crippen LogP contribution in [-0.4, -0.2) is 20.3 Å². The molecule has 0 heterocycles. The minimum absolute atomic E-state index is 0.223. The molecule has 0 fully saturated rings. The van der Waals surface area contributed by atoms with Crippen molar-refractivity contribution in [3.63, 3.8) is 0 Å². The Labute approximate surface area is 164 Å². The number of rotatable bonds is 9. The van der Waals surface area contributed by atoms with Gasteiger partial charge in [-0.2, -0.15) is 0 Å². The third-order valence-corrected chi connectivity index (χ3v) is 6.32. The third-order valence-electron chi connectivity index (χ3n) is 3.55. The Morgan fingerprint density at radius 2 is 1.69 bits per heavy atom. The maximum atomic E-state index is 13.6. The molecule has 1 atom stereocenters. The fourth-order valence-electron chi connectivity index (χ4n) is 2.56. The first-order chi connectivity index (χ1) is 12.4. The molecule has 0 aromatic heterocycles. The second-order valence-corrected chi connectivity index (χ2v) is 8.25. The summed E-state index contributed by atoms with van der Waals surface area (Å²) < 4.78 is 30.1. The molecule has 26 heavy (non-hydrogen) atoms. The molecule has 0 unspecified atom stereocenters. The van der Waals surface area contributed by atoms with Gasteiger partial charge in [0.25, 0.3) is 0 Å². The highest BCUT2D eigenvalue weighted by molar-refractivity contribution is 7.54. The van der Waals surface area contributed by atoms with Crippen molar-refractivity contribution in [2.75, 3.05) is 25.6 Å². The third kappa shape index (κ3) is 4.93. The van der Waals surface area contributed by atoms with Gasteiger partial charge in [0.15, 0.2) is 5.78 Å². The quantitative estimate of drug-likeness (QED) is 0.479. The Morgan fingerprint density at radius 1 is 1.08 bits per heavy atom. The molecule has 0 aliphatic rings. The van der Waals surface area contributed by atoms with Gasteiger partial charge in [0, 0.05) is 16.3 Å². The van der Waals surface area contributed by atoms with Crippen molar-refractivity contribution >= 4 is 36.5 Å². The van der Waals surface area contributed by atoms with Crippen molar-refractivity contribution in [1.82, 2.24) is 0 Å². The van der Waals surface area contributed by atoms with Gasteiger partial charge in [-0.3, -0.25) is 4.57 Å². The van der Waals surface area contributed by atoms with Crippen LogP contribution in [0.5, 0.6) is 5.75 Å². The lowest BCUT2D eigenvalue weighted by Gasteiger charge is -2.29. The molecule has 8 heteroatoms. The van der Waals surface area contributed by atoms with Crippen LogP contribution in [-0.2, 0) is 13.6 Å². The van der Waals surface area contributed by atoms with E-state index >= 15 is 0 Å². The van der Waals surface area contributed by atoms with E-state index in [2.05, 4.69) is 5.32 Å². The first-order valence-corrected chi connectivity index (χ1v) is 10.5. The predicted octanol–water partition coefficient (Wildman–Crippen LogP) is 6.38. The summed E-state index contributed by atoms with van der Waals surface area (Å²) in [6.07, 6.45) is 0. The smallest absolute Gasteiger partial charge is 0.357 e. The van der Waals surface area contributed by atoms with Crippen molar-refractivity contribution in [2.24, 2.45) is 0 Å². The number of nitrogens with one attached hydrogen (secondary N) is 1. The van der Waals surface area contributed by atoms with Crippen molar-refractivity contribution in [3.05, 3.63) is 58.1 Å². The number of halogens is 2. The van der Waals surface area contributed by atoms with E-state index in [1.165, 1.54) is 7.11 Å². The molecule has 1 N–H and O–H groups in total. The van der Waals surface area contributed by atoms with Crippen LogP contribution < -0.4 is 10.1 Å². The molecule has 5 nitrogen and oxygen atoms in total. The molecule has 0 amide bonds. The van der Waals surface area contributed by atoms with E-state index in [1.807, 2.05) is 30.3 Å². The van der Waals surface area contributed by atoms with Crippen LogP contribution >= 0.6 is 30.8 Å². The standard InChI is InChI=1S/C18H22Cl2NO4P/c1-4-24-26(22,25-5-2)18(21-14-9-7-6-8-10-14)15-11-13(19)12-16(20)17(15)23-3/h6-12,18,21H,4-5H2,1-3H3/t18-/m1/s1. The van der Waals surface area contributed by atoms with Crippen molar-refractivity contribution in [3.8, 4) is 5.75 Å². The number of hydrogen-bond donors (Lipinski definition) is 1. The fourth-order valence-corrected chi connectivity index (χ4v) is 5.08. The molecule has 0 saturated heterocycles. The average molecular weight is 418 g/mol. The maximum Gasteiger partial charge on any atom is 0.357 e. The van der Waals surface area contributed by atoms with Crippen LogP contribution in [0.3, 0.4) is 0 Å². The number of hydrogen-bond acceptors (Lipinski definition) is 5. The molecule has 0 saturated carbocycles. The molecule has 2 aromatic carbocycles. The first-order valence-electron chi connectivity index (χ1n) is 8.18. The van der Waals surface area contributed by atoms with Crippen molar-refractivity contribution in [1.29, 1.82) is 0 Å². The number of anilines is 1. The monoisotopic (exact) mass is 417 g/mol. The van der Waals surface area contributed by atoms with E-state index in [4.69, 9.17) is 37.0 Å². The zero-order valence-electron chi connectivity index (χ0n) is 14.9.